The van der Waals surface area contributed by atoms with Crippen molar-refractivity contribution in [3.8, 4) is 0 Å². The molecule has 0 saturated heterocycles. The highest BCUT2D eigenvalue weighted by Crippen LogP contribution is 2.33. The Morgan fingerprint density at radius 2 is 2.18 bits per heavy atom. The molecule has 1 heterocycles. The number of thiocarbonyl (C=S) groups is 1. The zero-order valence-corrected chi connectivity index (χ0v) is 12.4. The Morgan fingerprint density at radius 3 is 2.65 bits per heavy atom. The maximum atomic E-state index is 5.14. The van der Waals surface area contributed by atoms with Crippen LogP contribution in [0.3, 0.4) is 0 Å². The molecule has 1 aromatic rings. The van der Waals surface area contributed by atoms with Crippen molar-refractivity contribution in [1.29, 1.82) is 0 Å². The van der Waals surface area contributed by atoms with Crippen LogP contribution in [0.1, 0.15) is 31.3 Å². The van der Waals surface area contributed by atoms with Gasteiger partial charge in [-0.05, 0) is 24.6 Å². The second kappa shape index (κ2) is 5.60. The monoisotopic (exact) mass is 269 g/mol. The molecule has 3 nitrogen and oxygen atoms in total. The molecule has 17 heavy (non-hydrogen) atoms. The summed E-state index contributed by atoms with van der Waals surface area (Å²) in [5.41, 5.74) is 1.19. The predicted molar refractivity (Wildman–Crippen MR) is 80.0 cm³/mol. The van der Waals surface area contributed by atoms with Crippen molar-refractivity contribution < 1.29 is 0 Å². The first-order valence-corrected chi connectivity index (χ1v) is 6.70. The smallest absolute Gasteiger partial charge is 0.189 e. The van der Waals surface area contributed by atoms with Crippen LogP contribution in [0, 0.1) is 6.92 Å². The van der Waals surface area contributed by atoms with Crippen LogP contribution in [0.25, 0.3) is 0 Å². The molecule has 0 aliphatic rings. The summed E-state index contributed by atoms with van der Waals surface area (Å²) in [4.78, 5) is 5.76. The lowest BCUT2D eigenvalue weighted by atomic mass is 9.94. The SMILES string of the molecule is C=CCNC(=S)Nc1nc(C)c(C(C)(C)C)s1. The highest BCUT2D eigenvalue weighted by atomic mass is 32.1. The Balaban J connectivity index is 2.74. The van der Waals surface area contributed by atoms with E-state index in [-0.39, 0.29) is 5.41 Å². The molecule has 0 fully saturated rings. The van der Waals surface area contributed by atoms with Gasteiger partial charge in [0.25, 0.3) is 0 Å². The maximum absolute atomic E-state index is 5.14. The first kappa shape index (κ1) is 14.1. The van der Waals surface area contributed by atoms with E-state index in [1.165, 1.54) is 4.88 Å². The third-order valence-electron chi connectivity index (χ3n) is 2.11. The Kier molecular flexibility index (Phi) is 4.65. The van der Waals surface area contributed by atoms with Crippen LogP contribution in [-0.4, -0.2) is 16.6 Å². The van der Waals surface area contributed by atoms with Crippen molar-refractivity contribution in [3.63, 3.8) is 0 Å². The fraction of sp³-hybridized carbons (Fsp3) is 0.500. The molecule has 0 atom stereocenters. The van der Waals surface area contributed by atoms with E-state index >= 15 is 0 Å². The van der Waals surface area contributed by atoms with Crippen LogP contribution in [0.5, 0.6) is 0 Å². The molecule has 0 radical (unpaired) electrons. The quantitative estimate of drug-likeness (QED) is 0.652. The average Bonchev–Trinajstić information content (AvgIpc) is 2.56. The minimum Gasteiger partial charge on any atom is -0.359 e. The van der Waals surface area contributed by atoms with Gasteiger partial charge in [0.1, 0.15) is 0 Å². The van der Waals surface area contributed by atoms with Crippen LogP contribution in [0.2, 0.25) is 0 Å². The van der Waals surface area contributed by atoms with Gasteiger partial charge in [0.15, 0.2) is 10.2 Å². The molecule has 94 valence electrons. The molecule has 1 rings (SSSR count). The number of rotatable bonds is 3. The van der Waals surface area contributed by atoms with E-state index in [0.29, 0.717) is 11.7 Å². The third-order valence-corrected chi connectivity index (χ3v) is 3.85. The summed E-state index contributed by atoms with van der Waals surface area (Å²) in [6.45, 7) is 12.9. The lowest BCUT2D eigenvalue weighted by Crippen LogP contribution is -2.28. The largest absolute Gasteiger partial charge is 0.359 e. The summed E-state index contributed by atoms with van der Waals surface area (Å²) >= 11 is 6.80. The standard InChI is InChI=1S/C12H19N3S2/c1-6-7-13-10(16)15-11-14-8(2)9(17-11)12(3,4)5/h6H,1,7H2,2-5H3,(H2,13,14,15,16). The molecule has 0 unspecified atom stereocenters. The topological polar surface area (TPSA) is 37.0 Å². The molecule has 0 aromatic carbocycles. The second-order valence-electron chi connectivity index (χ2n) is 4.81. The van der Waals surface area contributed by atoms with Crippen LogP contribution >= 0.6 is 23.6 Å². The third kappa shape index (κ3) is 4.09. The second-order valence-corrected chi connectivity index (χ2v) is 6.21. The van der Waals surface area contributed by atoms with Crippen molar-refractivity contribution in [3.05, 3.63) is 23.2 Å². The highest BCUT2D eigenvalue weighted by molar-refractivity contribution is 7.80. The summed E-state index contributed by atoms with van der Waals surface area (Å²) in [5, 5.41) is 7.53. The zero-order chi connectivity index (χ0) is 13.1. The van der Waals surface area contributed by atoms with Gasteiger partial charge in [-0.25, -0.2) is 4.98 Å². The summed E-state index contributed by atoms with van der Waals surface area (Å²) in [6, 6.07) is 0. The number of hydrogen-bond acceptors (Lipinski definition) is 3. The fourth-order valence-corrected chi connectivity index (χ4v) is 2.73. The van der Waals surface area contributed by atoms with Gasteiger partial charge in [0, 0.05) is 11.4 Å². The Labute approximate surface area is 112 Å². The van der Waals surface area contributed by atoms with E-state index in [9.17, 15) is 0 Å². The molecule has 0 amide bonds. The number of hydrogen-bond donors (Lipinski definition) is 2. The summed E-state index contributed by atoms with van der Waals surface area (Å²) in [5.74, 6) is 0. The molecule has 0 aliphatic heterocycles. The van der Waals surface area contributed by atoms with Crippen LogP contribution in [-0.2, 0) is 5.41 Å². The summed E-state index contributed by atoms with van der Waals surface area (Å²) < 4.78 is 0. The van der Waals surface area contributed by atoms with E-state index in [1.807, 2.05) is 6.92 Å². The van der Waals surface area contributed by atoms with E-state index in [4.69, 9.17) is 12.2 Å². The number of aromatic nitrogens is 1. The van der Waals surface area contributed by atoms with Crippen molar-refractivity contribution in [2.24, 2.45) is 0 Å². The minimum atomic E-state index is 0.123. The van der Waals surface area contributed by atoms with Gasteiger partial charge in [-0.2, -0.15) is 0 Å². The lowest BCUT2D eigenvalue weighted by molar-refractivity contribution is 0.598. The highest BCUT2D eigenvalue weighted by Gasteiger charge is 2.20. The first-order chi connectivity index (χ1) is 7.84. The zero-order valence-electron chi connectivity index (χ0n) is 10.8. The van der Waals surface area contributed by atoms with Gasteiger partial charge in [-0.3, -0.25) is 0 Å². The van der Waals surface area contributed by atoms with Crippen molar-refractivity contribution in [2.75, 3.05) is 11.9 Å². The van der Waals surface area contributed by atoms with Gasteiger partial charge >= 0.3 is 0 Å². The van der Waals surface area contributed by atoms with E-state index < -0.39 is 0 Å². The van der Waals surface area contributed by atoms with Crippen LogP contribution in [0.15, 0.2) is 12.7 Å². The van der Waals surface area contributed by atoms with Crippen molar-refractivity contribution in [1.82, 2.24) is 10.3 Å². The summed E-state index contributed by atoms with van der Waals surface area (Å²) in [6.07, 6.45) is 1.77. The maximum Gasteiger partial charge on any atom is 0.189 e. The van der Waals surface area contributed by atoms with Gasteiger partial charge in [0.2, 0.25) is 0 Å². The van der Waals surface area contributed by atoms with Gasteiger partial charge in [-0.1, -0.05) is 26.8 Å². The predicted octanol–water partition coefficient (Wildman–Crippen LogP) is 3.22. The normalized spacial score (nSPS) is 11.1. The van der Waals surface area contributed by atoms with Crippen LogP contribution in [0.4, 0.5) is 5.13 Å². The molecule has 1 aromatic heterocycles. The molecule has 0 saturated carbocycles. The van der Waals surface area contributed by atoms with Crippen LogP contribution < -0.4 is 10.6 Å². The molecular weight excluding hydrogens is 250 g/mol. The van der Waals surface area contributed by atoms with Gasteiger partial charge < -0.3 is 10.6 Å². The number of nitrogens with zero attached hydrogens (tertiary/aromatic N) is 1. The van der Waals surface area contributed by atoms with Crippen molar-refractivity contribution in [2.45, 2.75) is 33.1 Å². The molecule has 2 N–H and O–H groups in total. The lowest BCUT2D eigenvalue weighted by Gasteiger charge is -2.16. The van der Waals surface area contributed by atoms with E-state index in [0.717, 1.165) is 10.8 Å². The minimum absolute atomic E-state index is 0.123. The molecule has 0 aliphatic carbocycles. The number of anilines is 1. The number of thiazole rings is 1. The molecule has 5 heteroatoms. The Morgan fingerprint density at radius 1 is 1.53 bits per heavy atom. The van der Waals surface area contributed by atoms with Gasteiger partial charge in [0.05, 0.1) is 5.69 Å². The molecular formula is C12H19N3S2. The van der Waals surface area contributed by atoms with Gasteiger partial charge in [-0.15, -0.1) is 17.9 Å². The Hall–Kier alpha value is -0.940. The average molecular weight is 269 g/mol. The molecule has 0 spiro atoms. The van der Waals surface area contributed by atoms with Crippen molar-refractivity contribution >= 4 is 33.8 Å². The fourth-order valence-electron chi connectivity index (χ4n) is 1.45. The molecule has 0 bridgehead atoms. The number of aryl methyl sites for hydroxylation is 1. The number of nitrogens with one attached hydrogen (secondary N) is 2. The first-order valence-electron chi connectivity index (χ1n) is 5.48. The Bertz CT molecular complexity index is 416. The van der Waals surface area contributed by atoms with E-state index in [2.05, 4.69) is 43.0 Å². The van der Waals surface area contributed by atoms with E-state index in [1.54, 1.807) is 17.4 Å². The summed E-state index contributed by atoms with van der Waals surface area (Å²) in [7, 11) is 0.